The molecule has 0 aliphatic heterocycles. The maximum absolute atomic E-state index is 14.1. The maximum atomic E-state index is 14.1. The van der Waals surface area contributed by atoms with Crippen molar-refractivity contribution in [3.63, 3.8) is 0 Å². The summed E-state index contributed by atoms with van der Waals surface area (Å²) >= 11 is 0. The molecule has 0 unspecified atom stereocenters. The molecule has 8 nitrogen and oxygen atoms in total. The van der Waals surface area contributed by atoms with Gasteiger partial charge in [0.05, 0.1) is 16.2 Å². The van der Waals surface area contributed by atoms with Gasteiger partial charge in [0.15, 0.2) is 0 Å². The van der Waals surface area contributed by atoms with Crippen LogP contribution < -0.4 is 15.2 Å². The van der Waals surface area contributed by atoms with Crippen molar-refractivity contribution < 1.29 is 26.0 Å². The molecule has 0 aromatic heterocycles. The first-order valence-electron chi connectivity index (χ1n) is 8.10. The molecule has 2 aromatic rings. The van der Waals surface area contributed by atoms with E-state index in [1.165, 1.54) is 24.3 Å². The molecule has 0 heterocycles. The van der Waals surface area contributed by atoms with E-state index in [4.69, 9.17) is 5.14 Å². The minimum Gasteiger partial charge on any atom is -0.322 e. The van der Waals surface area contributed by atoms with Crippen molar-refractivity contribution in [3.8, 4) is 0 Å². The second-order valence-corrected chi connectivity index (χ2v) is 9.70. The Kier molecular flexibility index (Phi) is 6.55. The lowest BCUT2D eigenvalue weighted by atomic mass is 10.2. The number of halogens is 1. The average Bonchev–Trinajstić information content (AvgIpc) is 2.54. The minimum atomic E-state index is -3.89. The predicted molar refractivity (Wildman–Crippen MR) is 103 cm³/mol. The smallest absolute Gasteiger partial charge is 0.258 e. The molecular formula is C17H20FN3O5S2. The molecule has 0 saturated heterocycles. The van der Waals surface area contributed by atoms with Crippen LogP contribution in [0.5, 0.6) is 0 Å². The number of carbonyl (C=O) groups excluding carboxylic acids is 1. The first kappa shape index (κ1) is 22.0. The fourth-order valence-electron chi connectivity index (χ4n) is 2.34. The van der Waals surface area contributed by atoms with Gasteiger partial charge in [-0.2, -0.15) is 0 Å². The molecular weight excluding hydrogens is 409 g/mol. The molecule has 0 aliphatic carbocycles. The Labute approximate surface area is 163 Å². The number of hydrogen-bond donors (Lipinski definition) is 3. The van der Waals surface area contributed by atoms with Crippen molar-refractivity contribution in [1.29, 1.82) is 0 Å². The van der Waals surface area contributed by atoms with Crippen LogP contribution in [0, 0.1) is 5.82 Å². The quantitative estimate of drug-likeness (QED) is 0.614. The third-order valence-electron chi connectivity index (χ3n) is 3.46. The Morgan fingerprint density at radius 3 is 2.21 bits per heavy atom. The predicted octanol–water partition coefficient (Wildman–Crippen LogP) is 1.55. The number of nitrogens with two attached hydrogens (primary N) is 1. The molecule has 0 spiro atoms. The van der Waals surface area contributed by atoms with E-state index >= 15 is 0 Å². The SMILES string of the molecule is CC(C)NS(=O)(=O)c1ccc(F)c(C(=O)Nc2ccc(CS(N)(=O)=O)cc2)c1. The van der Waals surface area contributed by atoms with Crippen LogP contribution in [0.2, 0.25) is 0 Å². The van der Waals surface area contributed by atoms with Gasteiger partial charge < -0.3 is 5.32 Å². The van der Waals surface area contributed by atoms with Gasteiger partial charge in [0.25, 0.3) is 5.91 Å². The number of hydrogen-bond acceptors (Lipinski definition) is 5. The highest BCUT2D eigenvalue weighted by Crippen LogP contribution is 2.18. The second kappa shape index (κ2) is 8.35. The lowest BCUT2D eigenvalue weighted by molar-refractivity contribution is 0.102. The number of anilines is 1. The first-order valence-corrected chi connectivity index (χ1v) is 11.3. The van der Waals surface area contributed by atoms with E-state index in [2.05, 4.69) is 10.0 Å². The summed E-state index contributed by atoms with van der Waals surface area (Å²) in [7, 11) is -7.58. The van der Waals surface area contributed by atoms with E-state index in [1.54, 1.807) is 13.8 Å². The van der Waals surface area contributed by atoms with Crippen LogP contribution in [0.15, 0.2) is 47.4 Å². The molecule has 152 valence electrons. The Bertz CT molecular complexity index is 1080. The first-order chi connectivity index (χ1) is 12.9. The van der Waals surface area contributed by atoms with Gasteiger partial charge in [-0.3, -0.25) is 4.79 Å². The Hall–Kier alpha value is -2.34. The fourth-order valence-corrected chi connectivity index (χ4v) is 4.27. The highest BCUT2D eigenvalue weighted by molar-refractivity contribution is 7.89. The summed E-state index contributed by atoms with van der Waals surface area (Å²) in [6.07, 6.45) is 0. The van der Waals surface area contributed by atoms with Crippen LogP contribution in [0.25, 0.3) is 0 Å². The van der Waals surface area contributed by atoms with Crippen molar-refractivity contribution in [2.75, 3.05) is 5.32 Å². The highest BCUT2D eigenvalue weighted by atomic mass is 32.2. The van der Waals surface area contributed by atoms with Crippen LogP contribution in [0.4, 0.5) is 10.1 Å². The summed E-state index contributed by atoms with van der Waals surface area (Å²) in [4.78, 5) is 12.1. The molecule has 0 atom stereocenters. The molecule has 2 rings (SSSR count). The minimum absolute atomic E-state index is 0.240. The zero-order chi connectivity index (χ0) is 21.1. The van der Waals surface area contributed by atoms with Crippen molar-refractivity contribution >= 4 is 31.6 Å². The number of carbonyl (C=O) groups is 1. The van der Waals surface area contributed by atoms with Gasteiger partial charge in [0.2, 0.25) is 20.0 Å². The van der Waals surface area contributed by atoms with Gasteiger partial charge in [0.1, 0.15) is 5.82 Å². The van der Waals surface area contributed by atoms with Crippen molar-refractivity contribution in [3.05, 3.63) is 59.4 Å². The molecule has 28 heavy (non-hydrogen) atoms. The van der Waals surface area contributed by atoms with Gasteiger partial charge in [-0.15, -0.1) is 0 Å². The Morgan fingerprint density at radius 2 is 1.68 bits per heavy atom. The topological polar surface area (TPSA) is 135 Å². The number of primary sulfonamides is 1. The molecule has 1 amide bonds. The van der Waals surface area contributed by atoms with E-state index in [0.717, 1.165) is 18.2 Å². The Balaban J connectivity index is 2.23. The number of nitrogens with one attached hydrogen (secondary N) is 2. The lowest BCUT2D eigenvalue weighted by Gasteiger charge is -2.12. The summed E-state index contributed by atoms with van der Waals surface area (Å²) in [6, 6.07) is 8.30. The summed E-state index contributed by atoms with van der Waals surface area (Å²) in [6.45, 7) is 3.27. The van der Waals surface area contributed by atoms with E-state index < -0.39 is 37.3 Å². The van der Waals surface area contributed by atoms with Gasteiger partial charge in [0, 0.05) is 11.7 Å². The monoisotopic (exact) mass is 429 g/mol. The zero-order valence-corrected chi connectivity index (χ0v) is 16.8. The molecule has 0 saturated carbocycles. The van der Waals surface area contributed by atoms with E-state index in [-0.39, 0.29) is 22.4 Å². The van der Waals surface area contributed by atoms with Gasteiger partial charge in [-0.1, -0.05) is 12.1 Å². The summed E-state index contributed by atoms with van der Waals surface area (Å²) < 4.78 is 63.0. The van der Waals surface area contributed by atoms with Gasteiger partial charge in [-0.05, 0) is 49.7 Å². The fraction of sp³-hybridized carbons (Fsp3) is 0.235. The molecule has 0 radical (unpaired) electrons. The number of amides is 1. The summed E-state index contributed by atoms with van der Waals surface area (Å²) in [5, 5.41) is 7.40. The highest BCUT2D eigenvalue weighted by Gasteiger charge is 2.20. The molecule has 0 fully saturated rings. The van der Waals surface area contributed by atoms with Crippen LogP contribution in [0.1, 0.15) is 29.8 Å². The summed E-state index contributed by atoms with van der Waals surface area (Å²) in [5.41, 5.74) is 0.246. The van der Waals surface area contributed by atoms with Crippen LogP contribution in [-0.2, 0) is 25.8 Å². The van der Waals surface area contributed by atoms with E-state index in [1.807, 2.05) is 0 Å². The third kappa shape index (κ3) is 6.09. The molecule has 2 aromatic carbocycles. The molecule has 4 N–H and O–H groups in total. The van der Waals surface area contributed by atoms with Crippen molar-refractivity contribution in [2.45, 2.75) is 30.5 Å². The number of rotatable bonds is 7. The third-order valence-corrected chi connectivity index (χ3v) is 5.86. The largest absolute Gasteiger partial charge is 0.322 e. The lowest BCUT2D eigenvalue weighted by Crippen LogP contribution is -2.30. The van der Waals surface area contributed by atoms with Crippen LogP contribution >= 0.6 is 0 Å². The van der Waals surface area contributed by atoms with Gasteiger partial charge in [-0.25, -0.2) is 31.1 Å². The van der Waals surface area contributed by atoms with Crippen molar-refractivity contribution in [2.24, 2.45) is 5.14 Å². The summed E-state index contributed by atoms with van der Waals surface area (Å²) in [5.74, 6) is -2.09. The van der Waals surface area contributed by atoms with Crippen LogP contribution in [-0.4, -0.2) is 28.8 Å². The number of benzene rings is 2. The standard InChI is InChI=1S/C17H20FN3O5S2/c1-11(2)21-28(25,26)14-7-8-16(18)15(9-14)17(22)20-13-5-3-12(4-6-13)10-27(19,23)24/h3-9,11,21H,10H2,1-2H3,(H,20,22)(H2,19,23,24). The van der Waals surface area contributed by atoms with E-state index in [0.29, 0.717) is 5.56 Å². The number of sulfonamides is 2. The maximum Gasteiger partial charge on any atom is 0.258 e. The van der Waals surface area contributed by atoms with Crippen LogP contribution in [0.3, 0.4) is 0 Å². The molecule has 0 aliphatic rings. The molecule has 11 heteroatoms. The molecule has 0 bridgehead atoms. The second-order valence-electron chi connectivity index (χ2n) is 6.38. The zero-order valence-electron chi connectivity index (χ0n) is 15.1. The van der Waals surface area contributed by atoms with E-state index in [9.17, 15) is 26.0 Å². The van der Waals surface area contributed by atoms with Crippen molar-refractivity contribution in [1.82, 2.24) is 4.72 Å². The Morgan fingerprint density at radius 1 is 1.07 bits per heavy atom. The average molecular weight is 429 g/mol. The normalized spacial score (nSPS) is 12.2. The van der Waals surface area contributed by atoms with Gasteiger partial charge >= 0.3 is 0 Å².